The fraction of sp³-hybridized carbons (Fsp3) is 0.583. The summed E-state index contributed by atoms with van der Waals surface area (Å²) in [5.74, 6) is -1.53. The SMILES string of the molecule is [B]C(=O)N[C@H](C=CC(=O)OCC)C[C@@H]1OCCNC1=O. The first-order chi connectivity index (χ1) is 9.52. The van der Waals surface area contributed by atoms with Crippen LogP contribution in [0.2, 0.25) is 0 Å². The molecule has 7 nitrogen and oxygen atoms in total. The van der Waals surface area contributed by atoms with E-state index >= 15 is 0 Å². The van der Waals surface area contributed by atoms with Crippen LogP contribution in [-0.2, 0) is 19.1 Å². The highest BCUT2D eigenvalue weighted by Crippen LogP contribution is 2.08. The predicted molar refractivity (Wildman–Crippen MR) is 71.2 cm³/mol. The Hall–Kier alpha value is -1.83. The molecule has 0 aromatic carbocycles. The van der Waals surface area contributed by atoms with Crippen LogP contribution in [0.5, 0.6) is 0 Å². The third kappa shape index (κ3) is 5.88. The molecular weight excluding hydrogens is 263 g/mol. The van der Waals surface area contributed by atoms with E-state index < -0.39 is 23.9 Å². The first-order valence-corrected chi connectivity index (χ1v) is 6.33. The smallest absolute Gasteiger partial charge is 0.330 e. The Morgan fingerprint density at radius 2 is 2.40 bits per heavy atom. The molecule has 2 radical (unpaired) electrons. The third-order valence-corrected chi connectivity index (χ3v) is 2.56. The number of amides is 2. The fourth-order valence-electron chi connectivity index (χ4n) is 1.72. The zero-order valence-corrected chi connectivity index (χ0v) is 11.3. The third-order valence-electron chi connectivity index (χ3n) is 2.56. The van der Waals surface area contributed by atoms with Crippen molar-refractivity contribution in [3.8, 4) is 0 Å². The number of ether oxygens (including phenoxy) is 2. The topological polar surface area (TPSA) is 93.7 Å². The van der Waals surface area contributed by atoms with Gasteiger partial charge in [-0.2, -0.15) is 0 Å². The highest BCUT2D eigenvalue weighted by Gasteiger charge is 2.25. The van der Waals surface area contributed by atoms with Crippen molar-refractivity contribution in [2.24, 2.45) is 0 Å². The molecule has 0 bridgehead atoms. The van der Waals surface area contributed by atoms with Gasteiger partial charge in [-0.15, -0.1) is 0 Å². The minimum absolute atomic E-state index is 0.185. The van der Waals surface area contributed by atoms with Crippen LogP contribution in [0.1, 0.15) is 13.3 Å². The molecule has 1 fully saturated rings. The molecule has 20 heavy (non-hydrogen) atoms. The van der Waals surface area contributed by atoms with E-state index in [1.54, 1.807) is 6.92 Å². The van der Waals surface area contributed by atoms with Crippen molar-refractivity contribution in [1.82, 2.24) is 10.6 Å². The van der Waals surface area contributed by atoms with E-state index in [1.165, 1.54) is 12.2 Å². The molecule has 1 heterocycles. The molecule has 2 atom stereocenters. The van der Waals surface area contributed by atoms with Gasteiger partial charge < -0.3 is 20.1 Å². The average Bonchev–Trinajstić information content (AvgIpc) is 2.38. The van der Waals surface area contributed by atoms with Crippen molar-refractivity contribution in [1.29, 1.82) is 0 Å². The van der Waals surface area contributed by atoms with E-state index in [0.29, 0.717) is 13.2 Å². The van der Waals surface area contributed by atoms with Crippen LogP contribution in [0, 0.1) is 0 Å². The maximum absolute atomic E-state index is 11.6. The second kappa shape index (κ2) is 8.37. The molecule has 1 saturated heterocycles. The molecule has 0 aromatic rings. The molecule has 2 N–H and O–H groups in total. The van der Waals surface area contributed by atoms with Crippen molar-refractivity contribution < 1.29 is 23.9 Å². The lowest BCUT2D eigenvalue weighted by Gasteiger charge is -2.25. The van der Waals surface area contributed by atoms with E-state index in [2.05, 4.69) is 10.6 Å². The van der Waals surface area contributed by atoms with Gasteiger partial charge in [0.1, 0.15) is 6.10 Å². The summed E-state index contributed by atoms with van der Waals surface area (Å²) < 4.78 is 10.0. The minimum Gasteiger partial charge on any atom is -0.463 e. The van der Waals surface area contributed by atoms with Crippen LogP contribution in [0.3, 0.4) is 0 Å². The molecule has 0 aliphatic carbocycles. The van der Waals surface area contributed by atoms with E-state index in [1.807, 2.05) is 0 Å². The summed E-state index contributed by atoms with van der Waals surface area (Å²) in [5.41, 5.74) is 0. The van der Waals surface area contributed by atoms with Gasteiger partial charge in [-0.3, -0.25) is 9.59 Å². The lowest BCUT2D eigenvalue weighted by molar-refractivity contribution is -0.138. The van der Waals surface area contributed by atoms with Crippen LogP contribution in [-0.4, -0.2) is 57.4 Å². The molecule has 1 rings (SSSR count). The normalized spacial score (nSPS) is 20.2. The Balaban J connectivity index is 2.61. The van der Waals surface area contributed by atoms with Gasteiger partial charge in [0.15, 0.2) is 5.81 Å². The van der Waals surface area contributed by atoms with Gasteiger partial charge in [0.2, 0.25) is 13.8 Å². The lowest BCUT2D eigenvalue weighted by Crippen LogP contribution is -2.47. The molecule has 8 heteroatoms. The highest BCUT2D eigenvalue weighted by molar-refractivity contribution is 6.57. The van der Waals surface area contributed by atoms with E-state index in [0.717, 1.165) is 0 Å². The molecule has 2 amide bonds. The number of rotatable bonds is 6. The zero-order valence-electron chi connectivity index (χ0n) is 11.3. The summed E-state index contributed by atoms with van der Waals surface area (Å²) in [7, 11) is 5.06. The molecular formula is C12H17BN2O5. The average molecular weight is 280 g/mol. The van der Waals surface area contributed by atoms with E-state index in [4.69, 9.17) is 17.3 Å². The Labute approximate surface area is 118 Å². The van der Waals surface area contributed by atoms with Gasteiger partial charge in [0, 0.05) is 25.1 Å². The molecule has 0 unspecified atom stereocenters. The van der Waals surface area contributed by atoms with Gasteiger partial charge >= 0.3 is 5.97 Å². The maximum atomic E-state index is 11.6. The Bertz CT molecular complexity index is 399. The van der Waals surface area contributed by atoms with Gasteiger partial charge in [0.05, 0.1) is 13.2 Å². The van der Waals surface area contributed by atoms with Crippen molar-refractivity contribution >= 4 is 25.5 Å². The number of hydrogen-bond donors (Lipinski definition) is 2. The molecule has 0 saturated carbocycles. The van der Waals surface area contributed by atoms with Crippen LogP contribution in [0.15, 0.2) is 12.2 Å². The number of esters is 1. The van der Waals surface area contributed by atoms with Crippen LogP contribution in [0.4, 0.5) is 4.79 Å². The molecule has 108 valence electrons. The molecule has 0 spiro atoms. The van der Waals surface area contributed by atoms with Crippen LogP contribution >= 0.6 is 0 Å². The molecule has 1 aliphatic rings. The Morgan fingerprint density at radius 1 is 1.65 bits per heavy atom. The summed E-state index contributed by atoms with van der Waals surface area (Å²) in [5, 5.41) is 5.08. The standard InChI is InChI=1S/C12H17BN2O5/c1-2-19-10(16)4-3-8(15-12(13)18)7-9-11(17)14-5-6-20-9/h3-4,8-9H,2,5-7H2,1H3,(H,14,17)(H,15,18)/t8-,9+/m1/s1. The van der Waals surface area contributed by atoms with Gasteiger partial charge in [-0.1, -0.05) is 6.08 Å². The summed E-state index contributed by atoms with van der Waals surface area (Å²) in [4.78, 5) is 33.7. The quantitative estimate of drug-likeness (QED) is 0.379. The minimum atomic E-state index is -0.750. The first kappa shape index (κ1) is 16.2. The largest absolute Gasteiger partial charge is 0.463 e. The number of hydrogen-bond acceptors (Lipinski definition) is 5. The first-order valence-electron chi connectivity index (χ1n) is 6.33. The number of carbonyl (C=O) groups is 3. The number of nitrogens with one attached hydrogen (secondary N) is 2. The van der Waals surface area contributed by atoms with Gasteiger partial charge in [-0.25, -0.2) is 4.79 Å². The zero-order chi connectivity index (χ0) is 15.0. The number of carbonyl (C=O) groups excluding carboxylic acids is 3. The predicted octanol–water partition coefficient (Wildman–Crippen LogP) is -0.742. The summed E-state index contributed by atoms with van der Waals surface area (Å²) >= 11 is 0. The Kier molecular flexibility index (Phi) is 6.79. The second-order valence-corrected chi connectivity index (χ2v) is 4.11. The van der Waals surface area contributed by atoms with Gasteiger partial charge in [-0.05, 0) is 6.92 Å². The van der Waals surface area contributed by atoms with Crippen molar-refractivity contribution in [2.75, 3.05) is 19.8 Å². The fourth-order valence-corrected chi connectivity index (χ4v) is 1.72. The molecule has 1 aliphatic heterocycles. The second-order valence-electron chi connectivity index (χ2n) is 4.11. The summed E-state index contributed by atoms with van der Waals surface area (Å²) in [6.45, 7) is 2.81. The van der Waals surface area contributed by atoms with Crippen LogP contribution in [0.25, 0.3) is 0 Å². The van der Waals surface area contributed by atoms with E-state index in [9.17, 15) is 14.4 Å². The highest BCUT2D eigenvalue weighted by atomic mass is 16.5. The Morgan fingerprint density at radius 3 is 3.00 bits per heavy atom. The van der Waals surface area contributed by atoms with Crippen molar-refractivity contribution in [3.05, 3.63) is 12.2 Å². The van der Waals surface area contributed by atoms with Crippen LogP contribution < -0.4 is 10.6 Å². The summed E-state index contributed by atoms with van der Waals surface area (Å²) in [6, 6.07) is -0.592. The molecule has 0 aromatic heterocycles. The lowest BCUT2D eigenvalue weighted by atomic mass is 10.0. The summed E-state index contributed by atoms with van der Waals surface area (Å²) in [6.07, 6.45) is 2.11. The maximum Gasteiger partial charge on any atom is 0.330 e. The monoisotopic (exact) mass is 280 g/mol. The van der Waals surface area contributed by atoms with Gasteiger partial charge in [0.25, 0.3) is 0 Å². The van der Waals surface area contributed by atoms with E-state index in [-0.39, 0.29) is 18.9 Å². The van der Waals surface area contributed by atoms with Crippen molar-refractivity contribution in [2.45, 2.75) is 25.5 Å². The van der Waals surface area contributed by atoms with Crippen molar-refractivity contribution in [3.63, 3.8) is 0 Å². The number of morpholine rings is 1.